The summed E-state index contributed by atoms with van der Waals surface area (Å²) in [4.78, 5) is 0. The van der Waals surface area contributed by atoms with Crippen molar-refractivity contribution in [3.63, 3.8) is 0 Å². The average molecular weight is 640 g/mol. The maximum atomic E-state index is 13.9. The molecule has 23 heteroatoms. The molecule has 0 unspecified atom stereocenters. The first-order chi connectivity index (χ1) is 17.5. The Morgan fingerprint density at radius 3 is 1.38 bits per heavy atom. The number of rotatable bonds is 12. The SMILES string of the molecule is OC[C@@H]1O[C@H](O)[C@H](O)[C@H](OCCCC(F)(F)C(F)(F)C(F)(F)C(F)(F)C(F)(F)C(F)(F)C(F)(F)C(F)(F)F)[C@@H]1O. The van der Waals surface area contributed by atoms with Crippen molar-refractivity contribution in [2.45, 2.75) is 91.2 Å². The molecule has 0 amide bonds. The van der Waals surface area contributed by atoms with Gasteiger partial charge in [0.05, 0.1) is 6.61 Å². The van der Waals surface area contributed by atoms with Crippen molar-refractivity contribution in [3.8, 4) is 0 Å². The van der Waals surface area contributed by atoms with Gasteiger partial charge in [-0.15, -0.1) is 0 Å². The molecule has 0 bridgehead atoms. The summed E-state index contributed by atoms with van der Waals surface area (Å²) in [5.74, 6) is -57.1. The number of hydrogen-bond donors (Lipinski definition) is 4. The highest BCUT2D eigenvalue weighted by atomic mass is 19.4. The van der Waals surface area contributed by atoms with Gasteiger partial charge in [0.1, 0.15) is 24.4 Å². The fraction of sp³-hybridized carbons (Fsp3) is 1.00. The Labute approximate surface area is 210 Å². The molecule has 1 aliphatic heterocycles. The second kappa shape index (κ2) is 11.0. The van der Waals surface area contributed by atoms with Crippen molar-refractivity contribution in [2.75, 3.05) is 13.2 Å². The molecule has 0 aromatic rings. The molecule has 0 saturated carbocycles. The van der Waals surface area contributed by atoms with Gasteiger partial charge in [-0.2, -0.15) is 74.6 Å². The van der Waals surface area contributed by atoms with Crippen molar-refractivity contribution in [2.24, 2.45) is 0 Å². The van der Waals surface area contributed by atoms with Gasteiger partial charge in [0.2, 0.25) is 0 Å². The largest absolute Gasteiger partial charge is 0.460 e. The van der Waals surface area contributed by atoms with E-state index in [9.17, 15) is 90.0 Å². The maximum absolute atomic E-state index is 13.9. The first-order valence-corrected chi connectivity index (χ1v) is 10.1. The van der Waals surface area contributed by atoms with Crippen LogP contribution in [0.5, 0.6) is 0 Å². The predicted molar refractivity (Wildman–Crippen MR) is 89.6 cm³/mol. The lowest BCUT2D eigenvalue weighted by Crippen LogP contribution is -2.74. The summed E-state index contributed by atoms with van der Waals surface area (Å²) in [6.45, 7) is -2.47. The molecular formula is C17H17F17O6. The Morgan fingerprint density at radius 1 is 0.575 bits per heavy atom. The fourth-order valence-electron chi connectivity index (χ4n) is 3.13. The van der Waals surface area contributed by atoms with Gasteiger partial charge in [-0.05, 0) is 6.42 Å². The molecule has 40 heavy (non-hydrogen) atoms. The van der Waals surface area contributed by atoms with Gasteiger partial charge in [-0.3, -0.25) is 0 Å². The smallest absolute Gasteiger partial charge is 0.394 e. The minimum absolute atomic E-state index is 1.06. The second-order valence-corrected chi connectivity index (χ2v) is 8.32. The van der Waals surface area contributed by atoms with Crippen LogP contribution in [0, 0.1) is 0 Å². The number of ether oxygens (including phenoxy) is 2. The minimum atomic E-state index is -8.72. The molecule has 6 nitrogen and oxygen atoms in total. The monoisotopic (exact) mass is 640 g/mol. The Bertz CT molecular complexity index is 864. The van der Waals surface area contributed by atoms with E-state index in [1.165, 1.54) is 0 Å². The van der Waals surface area contributed by atoms with E-state index in [-0.39, 0.29) is 0 Å². The number of hydrogen-bond acceptors (Lipinski definition) is 6. The van der Waals surface area contributed by atoms with E-state index < -0.39 is 104 Å². The molecule has 1 saturated heterocycles. The third-order valence-corrected chi connectivity index (χ3v) is 5.57. The Morgan fingerprint density at radius 2 is 0.975 bits per heavy atom. The van der Waals surface area contributed by atoms with Crippen LogP contribution in [0.2, 0.25) is 0 Å². The number of aliphatic hydroxyl groups excluding tert-OH is 4. The predicted octanol–water partition coefficient (Wildman–Crippen LogP) is 3.59. The van der Waals surface area contributed by atoms with Gasteiger partial charge in [0, 0.05) is 13.0 Å². The van der Waals surface area contributed by atoms with E-state index >= 15 is 0 Å². The van der Waals surface area contributed by atoms with Gasteiger partial charge in [-0.25, -0.2) is 0 Å². The summed E-state index contributed by atoms with van der Waals surface area (Å²) in [5, 5.41) is 37.7. The van der Waals surface area contributed by atoms with E-state index in [4.69, 9.17) is 5.11 Å². The summed E-state index contributed by atoms with van der Waals surface area (Å²) in [5.41, 5.74) is 0. The van der Waals surface area contributed by atoms with Crippen LogP contribution in [0.3, 0.4) is 0 Å². The zero-order valence-electron chi connectivity index (χ0n) is 18.7. The van der Waals surface area contributed by atoms with Crippen molar-refractivity contribution >= 4 is 0 Å². The molecule has 0 aromatic heterocycles. The second-order valence-electron chi connectivity index (χ2n) is 8.32. The lowest BCUT2D eigenvalue weighted by Gasteiger charge is -2.43. The highest BCUT2D eigenvalue weighted by molar-refractivity contribution is 5.15. The van der Waals surface area contributed by atoms with E-state index in [1.54, 1.807) is 0 Å². The zero-order valence-corrected chi connectivity index (χ0v) is 18.7. The van der Waals surface area contributed by atoms with E-state index in [2.05, 4.69) is 9.47 Å². The molecule has 1 rings (SSSR count). The first kappa shape index (κ1) is 36.6. The quantitative estimate of drug-likeness (QED) is 0.193. The van der Waals surface area contributed by atoms with Crippen LogP contribution in [0.1, 0.15) is 12.8 Å². The Kier molecular flexibility index (Phi) is 10.1. The number of alkyl halides is 17. The van der Waals surface area contributed by atoms with Gasteiger partial charge in [0.15, 0.2) is 6.29 Å². The van der Waals surface area contributed by atoms with Crippen molar-refractivity contribution < 1.29 is 105 Å². The number of aliphatic hydroxyl groups is 4. The maximum Gasteiger partial charge on any atom is 0.460 e. The van der Waals surface area contributed by atoms with Crippen molar-refractivity contribution in [1.82, 2.24) is 0 Å². The average Bonchev–Trinajstić information content (AvgIpc) is 2.79. The molecule has 4 N–H and O–H groups in total. The van der Waals surface area contributed by atoms with Crippen LogP contribution in [0.25, 0.3) is 0 Å². The van der Waals surface area contributed by atoms with Crippen LogP contribution >= 0.6 is 0 Å². The molecular weight excluding hydrogens is 623 g/mol. The zero-order chi connectivity index (χ0) is 32.1. The molecule has 0 aromatic carbocycles. The topological polar surface area (TPSA) is 99.4 Å². The molecule has 1 heterocycles. The van der Waals surface area contributed by atoms with Gasteiger partial charge < -0.3 is 29.9 Å². The first-order valence-electron chi connectivity index (χ1n) is 10.1. The standard InChI is InChI=1S/C17H17F17O6/c18-10(19,2-1-3-39-8-6(36)5(4-35)40-9(38)7(8)37)11(20,21)12(22,23)13(24,25)14(26,27)15(28,29)16(30,31)17(32,33)34/h5-9,35-38H,1-4H2/t5-,6+,7+,8+,9-/m0/s1. The Hall–Kier alpha value is -1.43. The summed E-state index contributed by atoms with van der Waals surface area (Å²) in [6.07, 6.45) is -22.5. The summed E-state index contributed by atoms with van der Waals surface area (Å²) < 4.78 is 234. The lowest BCUT2D eigenvalue weighted by molar-refractivity contribution is -0.461. The molecule has 1 aliphatic rings. The highest BCUT2D eigenvalue weighted by Crippen LogP contribution is 2.64. The van der Waals surface area contributed by atoms with Crippen LogP contribution in [0.15, 0.2) is 0 Å². The molecule has 1 fully saturated rings. The summed E-state index contributed by atoms with van der Waals surface area (Å²) >= 11 is 0. The van der Waals surface area contributed by atoms with E-state index in [0.717, 1.165) is 0 Å². The third kappa shape index (κ3) is 5.52. The summed E-state index contributed by atoms with van der Waals surface area (Å²) in [7, 11) is 0. The van der Waals surface area contributed by atoms with Crippen LogP contribution < -0.4 is 0 Å². The fourth-order valence-corrected chi connectivity index (χ4v) is 3.13. The normalized spacial score (nSPS) is 26.8. The van der Waals surface area contributed by atoms with Crippen molar-refractivity contribution in [1.29, 1.82) is 0 Å². The van der Waals surface area contributed by atoms with Crippen molar-refractivity contribution in [3.05, 3.63) is 0 Å². The van der Waals surface area contributed by atoms with Gasteiger partial charge >= 0.3 is 47.6 Å². The molecule has 5 atom stereocenters. The molecule has 240 valence electrons. The van der Waals surface area contributed by atoms with Gasteiger partial charge in [0.25, 0.3) is 0 Å². The number of halogens is 17. The van der Waals surface area contributed by atoms with Gasteiger partial charge in [-0.1, -0.05) is 0 Å². The van der Waals surface area contributed by atoms with Crippen LogP contribution in [0.4, 0.5) is 74.6 Å². The lowest BCUT2D eigenvalue weighted by atomic mass is 9.88. The Balaban J connectivity index is 3.19. The van der Waals surface area contributed by atoms with E-state index in [0.29, 0.717) is 0 Å². The van der Waals surface area contributed by atoms with Crippen LogP contribution in [-0.4, -0.2) is 112 Å². The molecule has 0 radical (unpaired) electrons. The third-order valence-electron chi connectivity index (χ3n) is 5.57. The minimum Gasteiger partial charge on any atom is -0.394 e. The molecule has 0 aliphatic carbocycles. The van der Waals surface area contributed by atoms with Crippen LogP contribution in [-0.2, 0) is 9.47 Å². The molecule has 0 spiro atoms. The van der Waals surface area contributed by atoms with E-state index in [1.807, 2.05) is 0 Å². The summed E-state index contributed by atoms with van der Waals surface area (Å²) in [6, 6.07) is 0. The highest BCUT2D eigenvalue weighted by Gasteiger charge is 2.95.